The molecule has 5 nitrogen and oxygen atoms in total. The molecular weight excluding hydrogens is 268 g/mol. The van der Waals surface area contributed by atoms with Gasteiger partial charge in [0.2, 0.25) is 0 Å². The predicted octanol–water partition coefficient (Wildman–Crippen LogP) is 3.09. The van der Waals surface area contributed by atoms with Crippen LogP contribution in [0.4, 0.5) is 4.79 Å². The molecule has 2 aliphatic rings. The minimum Gasteiger partial charge on any atom is -0.481 e. The first kappa shape index (κ1) is 16.1. The van der Waals surface area contributed by atoms with Gasteiger partial charge < -0.3 is 14.9 Å². The van der Waals surface area contributed by atoms with Crippen LogP contribution in [0.15, 0.2) is 0 Å². The van der Waals surface area contributed by atoms with Crippen LogP contribution in [-0.4, -0.2) is 52.6 Å². The van der Waals surface area contributed by atoms with Crippen LogP contribution in [0, 0.1) is 0 Å². The lowest BCUT2D eigenvalue weighted by Crippen LogP contribution is -2.56. The molecule has 0 spiro atoms. The average Bonchev–Trinajstić information content (AvgIpc) is 2.99. The molecule has 1 N–H and O–H groups in total. The van der Waals surface area contributed by atoms with Crippen molar-refractivity contribution in [2.75, 3.05) is 14.1 Å². The van der Waals surface area contributed by atoms with E-state index in [1.807, 2.05) is 11.9 Å². The van der Waals surface area contributed by atoms with E-state index in [0.717, 1.165) is 44.9 Å². The lowest BCUT2D eigenvalue weighted by molar-refractivity contribution is -0.140. The van der Waals surface area contributed by atoms with Crippen LogP contribution in [0.1, 0.15) is 64.2 Å². The topological polar surface area (TPSA) is 60.9 Å². The van der Waals surface area contributed by atoms with Gasteiger partial charge in [-0.2, -0.15) is 0 Å². The third-order valence-electron chi connectivity index (χ3n) is 5.44. The minimum absolute atomic E-state index is 0.00921. The molecule has 0 bridgehead atoms. The molecule has 2 fully saturated rings. The van der Waals surface area contributed by atoms with Gasteiger partial charge in [0.15, 0.2) is 0 Å². The van der Waals surface area contributed by atoms with Crippen molar-refractivity contribution in [1.29, 1.82) is 0 Å². The van der Waals surface area contributed by atoms with Crippen LogP contribution in [-0.2, 0) is 4.79 Å². The molecule has 21 heavy (non-hydrogen) atoms. The first-order chi connectivity index (χ1) is 9.96. The van der Waals surface area contributed by atoms with Crippen LogP contribution < -0.4 is 0 Å². The van der Waals surface area contributed by atoms with Gasteiger partial charge in [-0.15, -0.1) is 0 Å². The standard InChI is InChI=1S/C16H28N2O3/c1-17(13-8-4-5-9-13)15(21)18(2)16(12-14(19)20)10-6-3-7-11-16/h13H,3-12H2,1-2H3,(H,19,20). The summed E-state index contributed by atoms with van der Waals surface area (Å²) in [5.41, 5.74) is -0.492. The van der Waals surface area contributed by atoms with Crippen molar-refractivity contribution in [3.05, 3.63) is 0 Å². The summed E-state index contributed by atoms with van der Waals surface area (Å²) in [4.78, 5) is 27.6. The molecule has 5 heteroatoms. The highest BCUT2D eigenvalue weighted by atomic mass is 16.4. The molecule has 120 valence electrons. The Kier molecular flexibility index (Phi) is 5.12. The summed E-state index contributed by atoms with van der Waals surface area (Å²) in [7, 11) is 3.66. The maximum Gasteiger partial charge on any atom is 0.320 e. The number of urea groups is 1. The molecule has 0 aromatic rings. The average molecular weight is 296 g/mol. The van der Waals surface area contributed by atoms with Crippen molar-refractivity contribution in [2.45, 2.75) is 75.8 Å². The third kappa shape index (κ3) is 3.50. The number of hydrogen-bond donors (Lipinski definition) is 1. The van der Waals surface area contributed by atoms with Gasteiger partial charge in [0.1, 0.15) is 0 Å². The maximum absolute atomic E-state index is 12.8. The molecule has 0 radical (unpaired) electrons. The summed E-state index contributed by atoms with van der Waals surface area (Å²) in [6.07, 6.45) is 9.36. The second kappa shape index (κ2) is 6.67. The van der Waals surface area contributed by atoms with E-state index in [9.17, 15) is 14.7 Å². The van der Waals surface area contributed by atoms with E-state index in [4.69, 9.17) is 0 Å². The Morgan fingerprint density at radius 3 is 2.14 bits per heavy atom. The molecule has 0 aromatic heterocycles. The molecule has 2 rings (SSSR count). The SMILES string of the molecule is CN(C(=O)N(C)C1(CC(=O)O)CCCCC1)C1CCCC1. The Balaban J connectivity index is 2.10. The Labute approximate surface area is 127 Å². The Bertz CT molecular complexity index is 385. The number of carboxylic acid groups (broad SMARTS) is 1. The van der Waals surface area contributed by atoms with Gasteiger partial charge in [-0.25, -0.2) is 4.79 Å². The molecule has 0 aromatic carbocycles. The van der Waals surface area contributed by atoms with Gasteiger partial charge in [0.25, 0.3) is 0 Å². The van der Waals surface area contributed by atoms with E-state index in [2.05, 4.69) is 0 Å². The largest absolute Gasteiger partial charge is 0.481 e. The second-order valence-electron chi connectivity index (χ2n) is 6.75. The quantitative estimate of drug-likeness (QED) is 0.867. The summed E-state index contributed by atoms with van der Waals surface area (Å²) < 4.78 is 0. The van der Waals surface area contributed by atoms with E-state index in [0.29, 0.717) is 6.04 Å². The summed E-state index contributed by atoms with van der Waals surface area (Å²) in [6, 6.07) is 0.315. The fourth-order valence-electron chi connectivity index (χ4n) is 4.01. The zero-order valence-corrected chi connectivity index (χ0v) is 13.3. The highest BCUT2D eigenvalue weighted by Crippen LogP contribution is 2.37. The van der Waals surface area contributed by atoms with E-state index >= 15 is 0 Å². The fourth-order valence-corrected chi connectivity index (χ4v) is 4.01. The number of rotatable bonds is 4. The first-order valence-corrected chi connectivity index (χ1v) is 8.19. The molecule has 0 heterocycles. The first-order valence-electron chi connectivity index (χ1n) is 8.19. The Morgan fingerprint density at radius 1 is 1.05 bits per heavy atom. The second-order valence-corrected chi connectivity index (χ2v) is 6.75. The highest BCUT2D eigenvalue weighted by Gasteiger charge is 2.42. The zero-order valence-electron chi connectivity index (χ0n) is 13.3. The van der Waals surface area contributed by atoms with Gasteiger partial charge in [-0.05, 0) is 25.7 Å². The van der Waals surface area contributed by atoms with E-state index in [-0.39, 0.29) is 12.5 Å². The number of nitrogens with zero attached hydrogens (tertiary/aromatic N) is 2. The summed E-state index contributed by atoms with van der Waals surface area (Å²) in [5.74, 6) is -0.805. The fraction of sp³-hybridized carbons (Fsp3) is 0.875. The minimum atomic E-state index is -0.805. The lowest BCUT2D eigenvalue weighted by Gasteiger charge is -2.45. The van der Waals surface area contributed by atoms with Gasteiger partial charge in [0, 0.05) is 20.1 Å². The lowest BCUT2D eigenvalue weighted by atomic mass is 9.78. The van der Waals surface area contributed by atoms with Crippen molar-refractivity contribution in [3.63, 3.8) is 0 Å². The monoisotopic (exact) mass is 296 g/mol. The molecule has 0 aliphatic heterocycles. The highest BCUT2D eigenvalue weighted by molar-refractivity contribution is 5.77. The Morgan fingerprint density at radius 2 is 1.62 bits per heavy atom. The molecule has 2 saturated carbocycles. The Hall–Kier alpha value is -1.26. The summed E-state index contributed by atoms with van der Waals surface area (Å²) in [6.45, 7) is 0. The van der Waals surface area contributed by atoms with Gasteiger partial charge in [0.05, 0.1) is 12.0 Å². The van der Waals surface area contributed by atoms with Crippen molar-refractivity contribution in [1.82, 2.24) is 9.80 Å². The van der Waals surface area contributed by atoms with Gasteiger partial charge in [-0.1, -0.05) is 32.1 Å². The summed E-state index contributed by atoms with van der Waals surface area (Å²) in [5, 5.41) is 9.26. The van der Waals surface area contributed by atoms with Crippen LogP contribution >= 0.6 is 0 Å². The zero-order chi connectivity index (χ0) is 15.5. The molecule has 0 saturated heterocycles. The van der Waals surface area contributed by atoms with Crippen molar-refractivity contribution in [3.8, 4) is 0 Å². The number of carboxylic acids is 1. The molecule has 2 amide bonds. The van der Waals surface area contributed by atoms with E-state index < -0.39 is 11.5 Å². The number of carbonyl (C=O) groups is 2. The molecule has 2 aliphatic carbocycles. The number of hydrogen-bond acceptors (Lipinski definition) is 2. The number of amides is 2. The van der Waals surface area contributed by atoms with Crippen molar-refractivity contribution < 1.29 is 14.7 Å². The maximum atomic E-state index is 12.8. The van der Waals surface area contributed by atoms with Crippen molar-refractivity contribution in [2.24, 2.45) is 0 Å². The van der Waals surface area contributed by atoms with Gasteiger partial charge >= 0.3 is 12.0 Å². The van der Waals surface area contributed by atoms with Crippen LogP contribution in [0.25, 0.3) is 0 Å². The van der Waals surface area contributed by atoms with E-state index in [1.165, 1.54) is 12.8 Å². The predicted molar refractivity (Wildman–Crippen MR) is 81.2 cm³/mol. The van der Waals surface area contributed by atoms with Crippen LogP contribution in [0.2, 0.25) is 0 Å². The summed E-state index contributed by atoms with van der Waals surface area (Å²) >= 11 is 0. The normalized spacial score (nSPS) is 22.0. The molecule has 0 unspecified atom stereocenters. The number of aliphatic carboxylic acids is 1. The van der Waals surface area contributed by atoms with Crippen LogP contribution in [0.5, 0.6) is 0 Å². The van der Waals surface area contributed by atoms with Crippen molar-refractivity contribution >= 4 is 12.0 Å². The molecule has 0 atom stereocenters. The van der Waals surface area contributed by atoms with E-state index in [1.54, 1.807) is 11.9 Å². The van der Waals surface area contributed by atoms with Crippen LogP contribution in [0.3, 0.4) is 0 Å². The number of carbonyl (C=O) groups excluding carboxylic acids is 1. The smallest absolute Gasteiger partial charge is 0.320 e. The van der Waals surface area contributed by atoms with Gasteiger partial charge in [-0.3, -0.25) is 4.79 Å². The molecular formula is C16H28N2O3. The third-order valence-corrected chi connectivity index (χ3v) is 5.44.